The second-order valence-electron chi connectivity index (χ2n) is 10.1. The Bertz CT molecular complexity index is 888. The molecule has 33 heavy (non-hydrogen) atoms. The number of rotatable bonds is 9. The Labute approximate surface area is 197 Å². The minimum absolute atomic E-state index is 0.0845. The highest BCUT2D eigenvalue weighted by Gasteiger charge is 2.48. The van der Waals surface area contributed by atoms with Crippen LogP contribution in [0.15, 0.2) is 49.1 Å². The fourth-order valence-electron chi connectivity index (χ4n) is 5.86. The van der Waals surface area contributed by atoms with E-state index in [1.807, 2.05) is 42.7 Å². The normalized spacial score (nSPS) is 25.5. The smallest absolute Gasteiger partial charge is 0.343 e. The lowest BCUT2D eigenvalue weighted by atomic mass is 9.73. The fraction of sp³-hybridized carbons (Fsp3) is 0.593. The third kappa shape index (κ3) is 5.44. The van der Waals surface area contributed by atoms with E-state index in [0.717, 1.165) is 74.5 Å². The molecule has 1 aliphatic heterocycles. The monoisotopic (exact) mass is 452 g/mol. The molecule has 3 atom stereocenters. The summed E-state index contributed by atoms with van der Waals surface area (Å²) in [5, 5.41) is 11.8. The van der Waals surface area contributed by atoms with Crippen LogP contribution < -0.4 is 0 Å². The zero-order chi connectivity index (χ0) is 23.2. The molecular formula is C27H38N3O3+. The van der Waals surface area contributed by atoms with Gasteiger partial charge in [-0.05, 0) is 30.4 Å². The summed E-state index contributed by atoms with van der Waals surface area (Å²) in [6, 6.07) is 9.68. The van der Waals surface area contributed by atoms with Gasteiger partial charge in [-0.3, -0.25) is 0 Å². The molecule has 1 aromatic heterocycles. The Balaban J connectivity index is 1.39. The largest absolute Gasteiger partial charge is 0.457 e. The number of benzene rings is 1. The van der Waals surface area contributed by atoms with Crippen LogP contribution in [0.25, 0.3) is 0 Å². The molecule has 2 fully saturated rings. The molecule has 178 valence electrons. The minimum Gasteiger partial charge on any atom is -0.457 e. The number of esters is 1. The molecule has 6 heteroatoms. The molecule has 2 aromatic rings. The third-order valence-corrected chi connectivity index (χ3v) is 7.96. The van der Waals surface area contributed by atoms with Crippen molar-refractivity contribution in [3.8, 4) is 0 Å². The maximum Gasteiger partial charge on any atom is 0.343 e. The summed E-state index contributed by atoms with van der Waals surface area (Å²) in [4.78, 5) is 21.6. The van der Waals surface area contributed by atoms with Crippen molar-refractivity contribution in [2.75, 3.05) is 26.7 Å². The number of hydrogen-bond donors (Lipinski definition) is 1. The second kappa shape index (κ2) is 10.7. The summed E-state index contributed by atoms with van der Waals surface area (Å²) in [7, 11) is 2.28. The molecule has 0 bridgehead atoms. The van der Waals surface area contributed by atoms with Gasteiger partial charge in [0.15, 0.2) is 5.60 Å². The first-order valence-corrected chi connectivity index (χ1v) is 12.6. The lowest BCUT2D eigenvalue weighted by Crippen LogP contribution is -2.52. The van der Waals surface area contributed by atoms with Crippen molar-refractivity contribution in [1.29, 1.82) is 0 Å². The van der Waals surface area contributed by atoms with Crippen molar-refractivity contribution < 1.29 is 19.1 Å². The molecular weight excluding hydrogens is 414 g/mol. The average Bonchev–Trinajstić information content (AvgIpc) is 3.23. The van der Waals surface area contributed by atoms with Crippen LogP contribution >= 0.6 is 0 Å². The van der Waals surface area contributed by atoms with E-state index >= 15 is 0 Å². The highest BCUT2D eigenvalue weighted by molar-refractivity contribution is 5.81. The number of hydrogen-bond acceptors (Lipinski definition) is 5. The maximum atomic E-state index is 13.4. The lowest BCUT2D eigenvalue weighted by molar-refractivity contribution is -0.921. The Morgan fingerprint density at radius 2 is 1.82 bits per heavy atom. The van der Waals surface area contributed by atoms with E-state index in [1.54, 1.807) is 6.33 Å². The Kier molecular flexibility index (Phi) is 7.76. The number of ether oxygens (including phenoxy) is 1. The lowest BCUT2D eigenvalue weighted by Gasteiger charge is -2.39. The number of carbonyl (C=O) groups is 1. The molecule has 0 radical (unpaired) electrons. The molecule has 4 rings (SSSR count). The van der Waals surface area contributed by atoms with Gasteiger partial charge in [-0.25, -0.2) is 14.8 Å². The summed E-state index contributed by atoms with van der Waals surface area (Å²) in [6.07, 6.45) is 14.5. The van der Waals surface area contributed by atoms with Gasteiger partial charge in [-0.2, -0.15) is 0 Å². The number of quaternary nitrogens is 1. The molecule has 2 heterocycles. The van der Waals surface area contributed by atoms with Crippen LogP contribution in [0, 0.1) is 5.92 Å². The zero-order valence-corrected chi connectivity index (χ0v) is 19.9. The average molecular weight is 453 g/mol. The van der Waals surface area contributed by atoms with Crippen molar-refractivity contribution in [3.05, 3.63) is 60.2 Å². The van der Waals surface area contributed by atoms with Crippen molar-refractivity contribution in [2.24, 2.45) is 5.92 Å². The first kappa shape index (κ1) is 23.8. The van der Waals surface area contributed by atoms with E-state index in [9.17, 15) is 9.90 Å². The topological polar surface area (TPSA) is 72.3 Å². The van der Waals surface area contributed by atoms with Crippen LogP contribution in [0.4, 0.5) is 0 Å². The summed E-state index contributed by atoms with van der Waals surface area (Å²) in [5.41, 5.74) is 0.263. The number of aryl methyl sites for hydroxylation is 1. The summed E-state index contributed by atoms with van der Waals surface area (Å²) < 4.78 is 6.85. The molecule has 0 spiro atoms. The Hall–Kier alpha value is -2.31. The fourth-order valence-corrected chi connectivity index (χ4v) is 5.86. The molecule has 1 aliphatic carbocycles. The van der Waals surface area contributed by atoms with Crippen LogP contribution in [0.3, 0.4) is 0 Å². The molecule has 1 N–H and O–H groups in total. The predicted molar refractivity (Wildman–Crippen MR) is 127 cm³/mol. The van der Waals surface area contributed by atoms with E-state index in [0.29, 0.717) is 12.2 Å². The van der Waals surface area contributed by atoms with Crippen LogP contribution in [0.1, 0.15) is 62.5 Å². The predicted octanol–water partition coefficient (Wildman–Crippen LogP) is 4.03. The van der Waals surface area contributed by atoms with Gasteiger partial charge in [0.1, 0.15) is 19.0 Å². The van der Waals surface area contributed by atoms with Crippen molar-refractivity contribution in [3.63, 3.8) is 0 Å². The first-order chi connectivity index (χ1) is 16.0. The number of likely N-dealkylation sites (tertiary alicyclic amines) is 1. The van der Waals surface area contributed by atoms with Gasteiger partial charge in [0.05, 0.1) is 20.1 Å². The van der Waals surface area contributed by atoms with Crippen molar-refractivity contribution >= 4 is 5.97 Å². The molecule has 2 aliphatic rings. The third-order valence-electron chi connectivity index (χ3n) is 7.96. The van der Waals surface area contributed by atoms with E-state index in [1.165, 1.54) is 6.42 Å². The van der Waals surface area contributed by atoms with Gasteiger partial charge in [0, 0.05) is 37.6 Å². The quantitative estimate of drug-likeness (QED) is 0.459. The van der Waals surface area contributed by atoms with Gasteiger partial charge in [-0.15, -0.1) is 0 Å². The highest BCUT2D eigenvalue weighted by Crippen LogP contribution is 2.40. The first-order valence-electron chi connectivity index (χ1n) is 12.6. The number of carbonyl (C=O) groups excluding carboxylic acids is 1. The highest BCUT2D eigenvalue weighted by atomic mass is 16.6. The van der Waals surface area contributed by atoms with Gasteiger partial charge >= 0.3 is 5.97 Å². The van der Waals surface area contributed by atoms with Crippen LogP contribution in [-0.2, 0) is 21.6 Å². The Morgan fingerprint density at radius 1 is 1.09 bits per heavy atom. The molecule has 1 saturated heterocycles. The Morgan fingerprint density at radius 3 is 2.55 bits per heavy atom. The van der Waals surface area contributed by atoms with Gasteiger partial charge in [0.2, 0.25) is 0 Å². The number of aromatic nitrogens is 2. The van der Waals surface area contributed by atoms with Crippen molar-refractivity contribution in [1.82, 2.24) is 9.97 Å². The summed E-state index contributed by atoms with van der Waals surface area (Å²) in [5.74, 6) is -0.556. The van der Waals surface area contributed by atoms with Gasteiger partial charge in [0.25, 0.3) is 0 Å². The number of nitrogens with zero attached hydrogens (tertiary/aromatic N) is 3. The van der Waals surface area contributed by atoms with E-state index in [2.05, 4.69) is 17.0 Å². The number of aliphatic hydroxyl groups is 1. The molecule has 1 aromatic carbocycles. The van der Waals surface area contributed by atoms with Gasteiger partial charge < -0.3 is 14.3 Å². The molecule has 6 nitrogen and oxygen atoms in total. The van der Waals surface area contributed by atoms with Crippen LogP contribution in [-0.4, -0.2) is 58.3 Å². The zero-order valence-electron chi connectivity index (χ0n) is 19.9. The van der Waals surface area contributed by atoms with Gasteiger partial charge in [-0.1, -0.05) is 49.6 Å². The molecule has 2 unspecified atom stereocenters. The summed E-state index contributed by atoms with van der Waals surface area (Å²) >= 11 is 0. The van der Waals surface area contributed by atoms with Crippen LogP contribution in [0.2, 0.25) is 0 Å². The van der Waals surface area contributed by atoms with Crippen LogP contribution in [0.5, 0.6) is 0 Å². The number of likely N-dealkylation sites (N-methyl/N-ethyl adjacent to an activating group) is 1. The van der Waals surface area contributed by atoms with E-state index in [-0.39, 0.29) is 12.0 Å². The SMILES string of the molecule is C[N@@+]1(CCCc2cncnc2)CCCC1COC(=O)C(O)(c1ccccc1)C1CCCCC1. The van der Waals surface area contributed by atoms with E-state index in [4.69, 9.17) is 4.74 Å². The summed E-state index contributed by atoms with van der Waals surface area (Å²) in [6.45, 7) is 2.49. The molecule has 1 saturated carbocycles. The second-order valence-corrected chi connectivity index (χ2v) is 10.1. The standard InChI is InChI=1S/C27H38N3O3/c1-30(16-8-10-22-18-28-21-29-19-22)17-9-15-25(30)20-33-26(31)27(32,23-11-4-2-5-12-23)24-13-6-3-7-14-24/h2,4-5,11-12,18-19,21,24-25,32H,3,6-10,13-17,20H2,1H3/q+1/t25?,27?,30-/m1/s1. The molecule has 0 amide bonds. The maximum absolute atomic E-state index is 13.4. The van der Waals surface area contributed by atoms with E-state index < -0.39 is 11.6 Å². The van der Waals surface area contributed by atoms with Crippen molar-refractivity contribution in [2.45, 2.75) is 69.4 Å². The minimum atomic E-state index is -1.56.